The van der Waals surface area contributed by atoms with Crippen LogP contribution in [0.15, 0.2) is 10.3 Å². The first-order valence-corrected chi connectivity index (χ1v) is 9.95. The van der Waals surface area contributed by atoms with Crippen molar-refractivity contribution in [2.45, 2.75) is 107 Å². The molecule has 0 aromatic carbocycles. The Morgan fingerprint density at radius 1 is 1.04 bits per heavy atom. The van der Waals surface area contributed by atoms with Crippen LogP contribution in [0.2, 0.25) is 0 Å². The van der Waals surface area contributed by atoms with Crippen molar-refractivity contribution in [1.82, 2.24) is 10.3 Å². The maximum atomic E-state index is 12.0. The molecule has 0 aromatic rings. The number of carbonyl (C=O) groups excluding carboxylic acids is 1. The van der Waals surface area contributed by atoms with Crippen LogP contribution in [-0.2, 0) is 4.79 Å². The van der Waals surface area contributed by atoms with Gasteiger partial charge in [0.15, 0.2) is 0 Å². The second kappa shape index (κ2) is 6.62. The van der Waals surface area contributed by atoms with Crippen LogP contribution in [0.3, 0.4) is 0 Å². The fourth-order valence-corrected chi connectivity index (χ4v) is 5.41. The predicted molar refractivity (Wildman–Crippen MR) is 92.3 cm³/mol. The predicted octanol–water partition coefficient (Wildman–Crippen LogP) is 2.68. The van der Waals surface area contributed by atoms with Crippen molar-refractivity contribution in [3.8, 4) is 0 Å². The Hall–Kier alpha value is -1.17. The van der Waals surface area contributed by atoms with Crippen LogP contribution >= 0.6 is 0 Å². The Morgan fingerprint density at radius 2 is 1.79 bits per heavy atom. The van der Waals surface area contributed by atoms with E-state index in [1.807, 2.05) is 0 Å². The van der Waals surface area contributed by atoms with E-state index < -0.39 is 5.54 Å². The first-order valence-electron chi connectivity index (χ1n) is 9.95. The second-order valence-electron chi connectivity index (χ2n) is 8.32. The SMILES string of the molecule is NC(=O)C1(NC2CCC3C(C2)N=NN3C2CCCCC2)CCCC1. The molecule has 24 heavy (non-hydrogen) atoms. The molecule has 1 amide bonds. The van der Waals surface area contributed by atoms with E-state index in [2.05, 4.69) is 20.7 Å². The van der Waals surface area contributed by atoms with Crippen LogP contribution in [0.5, 0.6) is 0 Å². The summed E-state index contributed by atoms with van der Waals surface area (Å²) < 4.78 is 0. The molecule has 1 aliphatic heterocycles. The van der Waals surface area contributed by atoms with Gasteiger partial charge in [-0.1, -0.05) is 37.3 Å². The number of amides is 1. The van der Waals surface area contributed by atoms with Gasteiger partial charge in [0.1, 0.15) is 0 Å². The van der Waals surface area contributed by atoms with Gasteiger partial charge in [0, 0.05) is 12.1 Å². The highest BCUT2D eigenvalue weighted by Gasteiger charge is 2.45. The van der Waals surface area contributed by atoms with Gasteiger partial charge < -0.3 is 11.1 Å². The highest BCUT2D eigenvalue weighted by molar-refractivity contribution is 5.85. The maximum Gasteiger partial charge on any atom is 0.237 e. The number of carbonyl (C=O) groups is 1. The Kier molecular flexibility index (Phi) is 4.50. The summed E-state index contributed by atoms with van der Waals surface area (Å²) in [5, 5.41) is 15.1. The molecule has 3 N–H and O–H groups in total. The summed E-state index contributed by atoms with van der Waals surface area (Å²) in [5.74, 6) is -0.168. The molecule has 6 nitrogen and oxygen atoms in total. The van der Waals surface area contributed by atoms with E-state index in [1.165, 1.54) is 32.1 Å². The molecule has 3 aliphatic carbocycles. The summed E-state index contributed by atoms with van der Waals surface area (Å²) in [4.78, 5) is 12.0. The summed E-state index contributed by atoms with van der Waals surface area (Å²) in [7, 11) is 0. The molecule has 3 unspecified atom stereocenters. The number of primary amides is 1. The first kappa shape index (κ1) is 16.3. The van der Waals surface area contributed by atoms with Crippen molar-refractivity contribution in [3.05, 3.63) is 0 Å². The van der Waals surface area contributed by atoms with Crippen molar-refractivity contribution >= 4 is 5.91 Å². The number of nitrogens with zero attached hydrogens (tertiary/aromatic N) is 3. The van der Waals surface area contributed by atoms with Gasteiger partial charge in [0.05, 0.1) is 17.6 Å². The van der Waals surface area contributed by atoms with Crippen molar-refractivity contribution in [2.24, 2.45) is 16.1 Å². The van der Waals surface area contributed by atoms with E-state index in [0.717, 1.165) is 44.9 Å². The average Bonchev–Trinajstić information content (AvgIpc) is 3.23. The van der Waals surface area contributed by atoms with E-state index >= 15 is 0 Å². The minimum Gasteiger partial charge on any atom is -0.368 e. The van der Waals surface area contributed by atoms with E-state index in [4.69, 9.17) is 5.73 Å². The summed E-state index contributed by atoms with van der Waals surface area (Å²) in [6, 6.07) is 1.74. The zero-order valence-electron chi connectivity index (χ0n) is 14.6. The first-order chi connectivity index (χ1) is 11.7. The van der Waals surface area contributed by atoms with Crippen LogP contribution in [0.25, 0.3) is 0 Å². The van der Waals surface area contributed by atoms with Crippen molar-refractivity contribution in [3.63, 3.8) is 0 Å². The molecule has 6 heteroatoms. The average molecular weight is 333 g/mol. The highest BCUT2D eigenvalue weighted by atomic mass is 16.1. The number of hydrogen-bond acceptors (Lipinski definition) is 5. The maximum absolute atomic E-state index is 12.0. The van der Waals surface area contributed by atoms with Crippen molar-refractivity contribution in [2.75, 3.05) is 0 Å². The normalized spacial score (nSPS) is 36.0. The van der Waals surface area contributed by atoms with Gasteiger partial charge in [-0.2, -0.15) is 5.11 Å². The molecule has 0 bridgehead atoms. The zero-order chi connectivity index (χ0) is 16.6. The molecule has 4 rings (SSSR count). The summed E-state index contributed by atoms with van der Waals surface area (Å²) in [6.07, 6.45) is 13.8. The lowest BCUT2D eigenvalue weighted by Crippen LogP contribution is -2.59. The summed E-state index contributed by atoms with van der Waals surface area (Å²) in [5.41, 5.74) is 5.26. The molecule has 3 fully saturated rings. The Bertz CT molecular complexity index is 496. The quantitative estimate of drug-likeness (QED) is 0.829. The lowest BCUT2D eigenvalue weighted by atomic mass is 9.83. The molecule has 0 spiro atoms. The van der Waals surface area contributed by atoms with Gasteiger partial charge in [-0.25, -0.2) is 0 Å². The van der Waals surface area contributed by atoms with Crippen molar-refractivity contribution in [1.29, 1.82) is 0 Å². The fourth-order valence-electron chi connectivity index (χ4n) is 5.41. The standard InChI is InChI=1S/C18H31N5O/c19-17(24)18(10-4-5-11-18)20-13-8-9-16-15(12-13)21-22-23(16)14-6-2-1-3-7-14/h13-16,20H,1-12H2,(H2,19,24). The lowest BCUT2D eigenvalue weighted by Gasteiger charge is -2.40. The van der Waals surface area contributed by atoms with Gasteiger partial charge in [-0.15, -0.1) is 0 Å². The molecule has 134 valence electrons. The van der Waals surface area contributed by atoms with Crippen molar-refractivity contribution < 1.29 is 4.79 Å². The summed E-state index contributed by atoms with van der Waals surface area (Å²) in [6.45, 7) is 0. The van der Waals surface area contributed by atoms with E-state index in [9.17, 15) is 4.79 Å². The van der Waals surface area contributed by atoms with E-state index in [0.29, 0.717) is 24.2 Å². The Morgan fingerprint density at radius 3 is 2.50 bits per heavy atom. The zero-order valence-corrected chi connectivity index (χ0v) is 14.6. The van der Waals surface area contributed by atoms with E-state index in [-0.39, 0.29) is 5.91 Å². The van der Waals surface area contributed by atoms with Crippen LogP contribution in [0, 0.1) is 0 Å². The summed E-state index contributed by atoms with van der Waals surface area (Å²) >= 11 is 0. The van der Waals surface area contributed by atoms with Gasteiger partial charge in [-0.3, -0.25) is 9.80 Å². The number of nitrogens with two attached hydrogens (primary N) is 1. The van der Waals surface area contributed by atoms with Crippen LogP contribution in [-0.4, -0.2) is 40.6 Å². The van der Waals surface area contributed by atoms with Gasteiger partial charge >= 0.3 is 0 Å². The fraction of sp³-hybridized carbons (Fsp3) is 0.944. The molecule has 0 saturated heterocycles. The Labute approximate surface area is 144 Å². The topological polar surface area (TPSA) is 83.1 Å². The molecule has 3 atom stereocenters. The van der Waals surface area contributed by atoms with Gasteiger partial charge in [0.2, 0.25) is 5.91 Å². The molecule has 0 aromatic heterocycles. The molecule has 3 saturated carbocycles. The van der Waals surface area contributed by atoms with Crippen LogP contribution < -0.4 is 11.1 Å². The number of nitrogens with one attached hydrogen (secondary N) is 1. The molecular formula is C18H31N5O. The van der Waals surface area contributed by atoms with E-state index in [1.54, 1.807) is 0 Å². The third-order valence-electron chi connectivity index (χ3n) is 6.78. The number of rotatable bonds is 4. The minimum atomic E-state index is -0.462. The van der Waals surface area contributed by atoms with Gasteiger partial charge in [-0.05, 0) is 44.9 Å². The smallest absolute Gasteiger partial charge is 0.237 e. The molecule has 4 aliphatic rings. The van der Waals surface area contributed by atoms with Crippen LogP contribution in [0.1, 0.15) is 77.0 Å². The molecular weight excluding hydrogens is 302 g/mol. The monoisotopic (exact) mass is 333 g/mol. The highest BCUT2D eigenvalue weighted by Crippen LogP contribution is 2.38. The second-order valence-corrected chi connectivity index (χ2v) is 8.32. The number of hydrogen-bond donors (Lipinski definition) is 2. The third-order valence-corrected chi connectivity index (χ3v) is 6.78. The van der Waals surface area contributed by atoms with Crippen LogP contribution in [0.4, 0.5) is 0 Å². The number of fused-ring (bicyclic) bond motifs is 1. The minimum absolute atomic E-state index is 0.168. The third kappa shape index (κ3) is 2.93. The largest absolute Gasteiger partial charge is 0.368 e. The molecule has 0 radical (unpaired) electrons. The lowest BCUT2D eigenvalue weighted by molar-refractivity contribution is -0.124. The molecule has 1 heterocycles. The van der Waals surface area contributed by atoms with Gasteiger partial charge in [0.25, 0.3) is 0 Å². The Balaban J connectivity index is 1.37.